The number of aliphatic carboxylic acids is 1. The van der Waals surface area contributed by atoms with Gasteiger partial charge in [0.1, 0.15) is 5.97 Å². The van der Waals surface area contributed by atoms with Gasteiger partial charge in [-0.3, -0.25) is 4.55 Å². The summed E-state index contributed by atoms with van der Waals surface area (Å²) >= 11 is 0. The monoisotopic (exact) mass is 452 g/mol. The molecule has 0 aliphatic carbocycles. The van der Waals surface area contributed by atoms with Crippen molar-refractivity contribution in [1.82, 2.24) is 4.90 Å². The van der Waals surface area contributed by atoms with Crippen LogP contribution in [-0.2, 0) is 14.9 Å². The highest BCUT2D eigenvalue weighted by Crippen LogP contribution is 2.29. The molecule has 0 heterocycles. The van der Waals surface area contributed by atoms with E-state index < -0.39 is 25.4 Å². The molecule has 0 aromatic carbocycles. The minimum absolute atomic E-state index is 0.197. The first-order valence-corrected chi connectivity index (χ1v) is 12.9. The molecular weight excluding hydrogens is 404 g/mol. The molecule has 1 atom stereocenters. The lowest BCUT2D eigenvalue weighted by Gasteiger charge is -2.43. The highest BCUT2D eigenvalue weighted by Gasteiger charge is 2.55. The SMILES string of the molecule is CCCC(C(=O)[O-])([N+](C)(C)C)S(=O)(=O)O.CCCCCCCCCCCCN(C)C. The number of hydrogen-bond donors (Lipinski definition) is 1. The fraction of sp³-hybridized carbons (Fsp3) is 0.955. The summed E-state index contributed by atoms with van der Waals surface area (Å²) in [6.07, 6.45) is 14.5. The van der Waals surface area contributed by atoms with Crippen LogP contribution in [0.3, 0.4) is 0 Å². The van der Waals surface area contributed by atoms with E-state index >= 15 is 0 Å². The smallest absolute Gasteiger partial charge is 0.328 e. The van der Waals surface area contributed by atoms with E-state index in [-0.39, 0.29) is 6.42 Å². The third kappa shape index (κ3) is 12.2. The Morgan fingerprint density at radius 1 is 0.867 bits per heavy atom. The Morgan fingerprint density at radius 2 is 1.27 bits per heavy atom. The molecule has 0 saturated carbocycles. The highest BCUT2D eigenvalue weighted by molar-refractivity contribution is 7.87. The minimum Gasteiger partial charge on any atom is -0.543 e. The summed E-state index contributed by atoms with van der Waals surface area (Å²) in [7, 11) is 3.75. The van der Waals surface area contributed by atoms with Crippen molar-refractivity contribution < 1.29 is 27.4 Å². The molecule has 1 N–H and O–H groups in total. The third-order valence-electron chi connectivity index (χ3n) is 5.38. The fourth-order valence-corrected chi connectivity index (χ4v) is 4.91. The molecule has 0 spiro atoms. The van der Waals surface area contributed by atoms with Gasteiger partial charge in [-0.1, -0.05) is 71.6 Å². The van der Waals surface area contributed by atoms with Crippen LogP contribution in [-0.4, -0.2) is 75.0 Å². The van der Waals surface area contributed by atoms with Gasteiger partial charge < -0.3 is 19.3 Å². The average Bonchev–Trinajstić information content (AvgIpc) is 2.59. The van der Waals surface area contributed by atoms with E-state index in [9.17, 15) is 18.3 Å². The zero-order chi connectivity index (χ0) is 23.8. The lowest BCUT2D eigenvalue weighted by molar-refractivity contribution is -0.901. The van der Waals surface area contributed by atoms with Crippen molar-refractivity contribution >= 4 is 16.1 Å². The molecule has 1 unspecified atom stereocenters. The molecule has 0 aromatic heterocycles. The van der Waals surface area contributed by atoms with Crippen molar-refractivity contribution in [2.24, 2.45) is 0 Å². The molecule has 182 valence electrons. The number of carbonyl (C=O) groups is 1. The Balaban J connectivity index is 0. The van der Waals surface area contributed by atoms with E-state index in [2.05, 4.69) is 25.9 Å². The van der Waals surface area contributed by atoms with Crippen molar-refractivity contribution in [3.63, 3.8) is 0 Å². The Bertz CT molecular complexity index is 544. The summed E-state index contributed by atoms with van der Waals surface area (Å²) in [5, 5.41) is 11.0. The standard InChI is InChI=1S/C14H31N.C8H17NO5S/c1-4-5-6-7-8-9-10-11-12-13-14-15(2)3;1-5-6-8(7(10)11,9(2,3)4)15(12,13)14/h4-14H2,1-3H3;5-6H2,1-4H3,(H-,10,11,12,13,14). The van der Waals surface area contributed by atoms with E-state index in [1.165, 1.54) is 91.9 Å². The lowest BCUT2D eigenvalue weighted by Crippen LogP contribution is -2.69. The molecule has 0 bridgehead atoms. The molecular formula is C22H48N2O5S. The van der Waals surface area contributed by atoms with Crippen molar-refractivity contribution in [2.45, 2.75) is 95.8 Å². The maximum atomic E-state index is 11.3. The number of quaternary nitrogens is 1. The normalized spacial score (nSPS) is 14.2. The summed E-state index contributed by atoms with van der Waals surface area (Å²) in [5.74, 6) is -1.78. The van der Waals surface area contributed by atoms with Gasteiger partial charge in [0, 0.05) is 6.42 Å². The summed E-state index contributed by atoms with van der Waals surface area (Å²) in [6, 6.07) is 0. The molecule has 8 heteroatoms. The minimum atomic E-state index is -4.74. The van der Waals surface area contributed by atoms with Gasteiger partial charge in [0.05, 0.1) is 21.1 Å². The molecule has 0 saturated heterocycles. The zero-order valence-electron chi connectivity index (χ0n) is 20.6. The van der Waals surface area contributed by atoms with E-state index in [1.807, 2.05) is 0 Å². The number of carbonyl (C=O) groups excluding carboxylic acids is 1. The Hall–Kier alpha value is -0.700. The van der Waals surface area contributed by atoms with Crippen LogP contribution < -0.4 is 5.11 Å². The third-order valence-corrected chi connectivity index (χ3v) is 7.15. The Kier molecular flexibility index (Phi) is 16.8. The van der Waals surface area contributed by atoms with E-state index in [0.717, 1.165) is 0 Å². The Morgan fingerprint density at radius 3 is 1.50 bits per heavy atom. The second kappa shape index (κ2) is 16.0. The number of nitrogens with zero attached hydrogens (tertiary/aromatic N) is 2. The molecule has 7 nitrogen and oxygen atoms in total. The van der Waals surface area contributed by atoms with Crippen LogP contribution >= 0.6 is 0 Å². The van der Waals surface area contributed by atoms with Gasteiger partial charge in [0.2, 0.25) is 0 Å². The maximum absolute atomic E-state index is 11.3. The van der Waals surface area contributed by atoms with Gasteiger partial charge in [-0.15, -0.1) is 0 Å². The van der Waals surface area contributed by atoms with Gasteiger partial charge in [-0.05, 0) is 33.5 Å². The second-order valence-corrected chi connectivity index (χ2v) is 10.9. The van der Waals surface area contributed by atoms with Crippen LogP contribution in [0.5, 0.6) is 0 Å². The number of carboxylic acids is 1. The molecule has 0 rings (SSSR count). The molecule has 0 aliphatic rings. The Labute approximate surface area is 186 Å². The van der Waals surface area contributed by atoms with Gasteiger partial charge in [0.25, 0.3) is 4.87 Å². The largest absolute Gasteiger partial charge is 0.543 e. The molecule has 0 radical (unpaired) electrons. The zero-order valence-corrected chi connectivity index (χ0v) is 21.4. The molecule has 30 heavy (non-hydrogen) atoms. The first kappa shape index (κ1) is 31.5. The molecule has 0 amide bonds. The molecule has 0 fully saturated rings. The van der Waals surface area contributed by atoms with Crippen molar-refractivity contribution in [3.05, 3.63) is 0 Å². The van der Waals surface area contributed by atoms with Gasteiger partial charge in [-0.25, -0.2) is 0 Å². The predicted molar refractivity (Wildman–Crippen MR) is 123 cm³/mol. The second-order valence-electron chi connectivity index (χ2n) is 9.29. The fourth-order valence-electron chi connectivity index (χ4n) is 3.55. The number of hydrogen-bond acceptors (Lipinski definition) is 5. The van der Waals surface area contributed by atoms with Crippen LogP contribution in [0.1, 0.15) is 90.9 Å². The van der Waals surface area contributed by atoms with Crippen LogP contribution in [0.15, 0.2) is 0 Å². The number of likely N-dealkylation sites (N-methyl/N-ethyl adjacent to an activating group) is 1. The number of carboxylic acid groups (broad SMARTS) is 1. The maximum Gasteiger partial charge on any atom is 0.328 e. The lowest BCUT2D eigenvalue weighted by atomic mass is 10.1. The van der Waals surface area contributed by atoms with Gasteiger partial charge >= 0.3 is 10.1 Å². The molecule has 0 aliphatic heterocycles. The first-order chi connectivity index (χ1) is 13.8. The van der Waals surface area contributed by atoms with Crippen LogP contribution in [0, 0.1) is 0 Å². The van der Waals surface area contributed by atoms with Crippen molar-refractivity contribution in [1.29, 1.82) is 0 Å². The van der Waals surface area contributed by atoms with Crippen LogP contribution in [0.2, 0.25) is 0 Å². The van der Waals surface area contributed by atoms with Crippen molar-refractivity contribution in [3.8, 4) is 0 Å². The average molecular weight is 453 g/mol. The van der Waals surface area contributed by atoms with E-state index in [1.54, 1.807) is 6.92 Å². The van der Waals surface area contributed by atoms with Gasteiger partial charge in [0.15, 0.2) is 0 Å². The van der Waals surface area contributed by atoms with Crippen molar-refractivity contribution in [2.75, 3.05) is 41.8 Å². The number of unbranched alkanes of at least 4 members (excludes halogenated alkanes) is 9. The van der Waals surface area contributed by atoms with E-state index in [4.69, 9.17) is 4.55 Å². The summed E-state index contributed by atoms with van der Waals surface area (Å²) < 4.78 is 31.2. The number of rotatable bonds is 16. The van der Waals surface area contributed by atoms with Crippen LogP contribution in [0.4, 0.5) is 0 Å². The van der Waals surface area contributed by atoms with Gasteiger partial charge in [-0.2, -0.15) is 8.42 Å². The first-order valence-electron chi connectivity index (χ1n) is 11.4. The summed E-state index contributed by atoms with van der Waals surface area (Å²) in [5.41, 5.74) is 0. The predicted octanol–water partition coefficient (Wildman–Crippen LogP) is 3.30. The summed E-state index contributed by atoms with van der Waals surface area (Å²) in [6.45, 7) is 5.18. The highest BCUT2D eigenvalue weighted by atomic mass is 32.2. The molecule has 0 aromatic rings. The van der Waals surface area contributed by atoms with Crippen LogP contribution in [0.25, 0.3) is 0 Å². The topological polar surface area (TPSA) is 97.7 Å². The quantitative estimate of drug-likeness (QED) is 0.219. The summed E-state index contributed by atoms with van der Waals surface area (Å²) in [4.78, 5) is 11.0. The van der Waals surface area contributed by atoms with E-state index in [0.29, 0.717) is 6.42 Å².